The van der Waals surface area contributed by atoms with Crippen LogP contribution >= 0.6 is 0 Å². The van der Waals surface area contributed by atoms with Crippen molar-refractivity contribution in [1.82, 2.24) is 0 Å². The third-order valence-electron chi connectivity index (χ3n) is 6.82. The molecule has 0 bridgehead atoms. The fourth-order valence-electron chi connectivity index (χ4n) is 5.41. The number of nitrogens with zero attached hydrogens (tertiary/aromatic N) is 2. The molecule has 4 heteroatoms. The van der Waals surface area contributed by atoms with Crippen molar-refractivity contribution in [3.05, 3.63) is 36.1 Å². The van der Waals surface area contributed by atoms with Gasteiger partial charge >= 0.3 is 5.97 Å². The van der Waals surface area contributed by atoms with E-state index in [2.05, 4.69) is 36.8 Å². The van der Waals surface area contributed by atoms with Crippen LogP contribution in [0.25, 0.3) is 0 Å². The zero-order valence-corrected chi connectivity index (χ0v) is 14.4. The van der Waals surface area contributed by atoms with Gasteiger partial charge in [-0.1, -0.05) is 25.2 Å². The van der Waals surface area contributed by atoms with E-state index < -0.39 is 0 Å². The van der Waals surface area contributed by atoms with Crippen molar-refractivity contribution >= 4 is 17.9 Å². The van der Waals surface area contributed by atoms with E-state index in [9.17, 15) is 4.79 Å². The Bertz CT molecular complexity index is 730. The van der Waals surface area contributed by atoms with Crippen LogP contribution in [0.2, 0.25) is 0 Å². The van der Waals surface area contributed by atoms with E-state index in [-0.39, 0.29) is 16.8 Å². The molecule has 0 aromatic carbocycles. The Hall–Kier alpha value is -1.97. The Morgan fingerprint density at radius 3 is 3.00 bits per heavy atom. The summed E-state index contributed by atoms with van der Waals surface area (Å²) in [5.74, 6) is 0.674. The first kappa shape index (κ1) is 15.6. The molecule has 2 aliphatic carbocycles. The van der Waals surface area contributed by atoms with Crippen molar-refractivity contribution in [3.8, 4) is 0 Å². The van der Waals surface area contributed by atoms with Gasteiger partial charge in [0.2, 0.25) is 0 Å². The summed E-state index contributed by atoms with van der Waals surface area (Å²) in [6.07, 6.45) is 12.5. The largest absolute Gasteiger partial charge is 0.431 e. The maximum atomic E-state index is 11.7. The van der Waals surface area contributed by atoms with Gasteiger partial charge in [-0.2, -0.15) is 10.2 Å². The molecule has 4 rings (SSSR count). The topological polar surface area (TPSA) is 51.0 Å². The number of fused-ring (bicyclic) bond motifs is 3. The predicted octanol–water partition coefficient (Wildman–Crippen LogP) is 4.20. The van der Waals surface area contributed by atoms with Gasteiger partial charge in [0, 0.05) is 11.6 Å². The molecule has 0 N–H and O–H groups in total. The molecule has 0 aromatic heterocycles. The van der Waals surface area contributed by atoms with E-state index in [0.717, 1.165) is 32.1 Å². The summed E-state index contributed by atoms with van der Waals surface area (Å²) in [6, 6.07) is 0. The van der Waals surface area contributed by atoms with Gasteiger partial charge < -0.3 is 4.74 Å². The molecule has 0 spiro atoms. The van der Waals surface area contributed by atoms with Gasteiger partial charge in [-0.05, 0) is 62.4 Å². The highest BCUT2D eigenvalue weighted by Gasteiger charge is 2.57. The molecule has 4 nitrogen and oxygen atoms in total. The molecule has 24 heavy (non-hydrogen) atoms. The minimum absolute atomic E-state index is 0.00865. The first-order valence-corrected chi connectivity index (χ1v) is 8.82. The number of hydrogen-bond donors (Lipinski definition) is 0. The van der Waals surface area contributed by atoms with E-state index >= 15 is 0 Å². The zero-order chi connectivity index (χ0) is 16.9. The lowest BCUT2D eigenvalue weighted by Gasteiger charge is -2.57. The van der Waals surface area contributed by atoms with Gasteiger partial charge in [0.1, 0.15) is 0 Å². The lowest BCUT2D eigenvalue weighted by atomic mass is 9.46. The highest BCUT2D eigenvalue weighted by atomic mass is 16.5. The second-order valence-corrected chi connectivity index (χ2v) is 7.99. The Labute approximate surface area is 143 Å². The van der Waals surface area contributed by atoms with Crippen molar-refractivity contribution in [3.63, 3.8) is 0 Å². The second kappa shape index (κ2) is 5.27. The van der Waals surface area contributed by atoms with Crippen LogP contribution in [0.15, 0.2) is 46.3 Å². The molecule has 2 fully saturated rings. The molecule has 2 aliphatic heterocycles. The van der Waals surface area contributed by atoms with Crippen LogP contribution in [-0.2, 0) is 9.53 Å². The van der Waals surface area contributed by atoms with Crippen LogP contribution in [0.1, 0.15) is 46.0 Å². The molecule has 126 valence electrons. The minimum atomic E-state index is -0.244. The van der Waals surface area contributed by atoms with Crippen LogP contribution in [-0.4, -0.2) is 17.9 Å². The molecule has 0 radical (unpaired) electrons. The fraction of sp³-hybridized carbons (Fsp3) is 0.550. The summed E-state index contributed by atoms with van der Waals surface area (Å²) < 4.78 is 4.89. The van der Waals surface area contributed by atoms with Crippen LogP contribution < -0.4 is 0 Å². The van der Waals surface area contributed by atoms with Crippen LogP contribution in [0.5, 0.6) is 0 Å². The Balaban J connectivity index is 1.65. The van der Waals surface area contributed by atoms with Crippen molar-refractivity contribution < 1.29 is 9.53 Å². The van der Waals surface area contributed by atoms with Gasteiger partial charge in [-0.25, -0.2) is 4.79 Å². The molecule has 0 saturated heterocycles. The predicted molar refractivity (Wildman–Crippen MR) is 94.7 cm³/mol. The molecule has 2 unspecified atom stereocenters. The highest BCUT2D eigenvalue weighted by molar-refractivity contribution is 6.06. The third kappa shape index (κ3) is 2.08. The van der Waals surface area contributed by atoms with Crippen LogP contribution in [0.4, 0.5) is 0 Å². The van der Waals surface area contributed by atoms with Crippen LogP contribution in [0, 0.1) is 22.7 Å². The molecule has 4 aliphatic rings. The standard InChI is InChI=1S/C20H24N2O2/c1-13-4-7-16-19(2,10-8-17-20(16,3)12-21-22-17)15(13)6-5-14-9-11-24-18(14)23/h5,9,11-12,15-16H,1,4,6-8,10H2,2-3H3/b14-5+/t15-,16?,19+,20?/m1/s1. The van der Waals surface area contributed by atoms with Gasteiger partial charge in [0.15, 0.2) is 0 Å². The molecule has 2 saturated carbocycles. The van der Waals surface area contributed by atoms with Gasteiger partial charge in [-0.3, -0.25) is 0 Å². The summed E-state index contributed by atoms with van der Waals surface area (Å²) in [7, 11) is 0. The van der Waals surface area contributed by atoms with Crippen molar-refractivity contribution in [2.45, 2.75) is 46.0 Å². The maximum absolute atomic E-state index is 11.7. The number of carbonyl (C=O) groups is 1. The third-order valence-corrected chi connectivity index (χ3v) is 6.82. The van der Waals surface area contributed by atoms with E-state index in [1.165, 1.54) is 17.5 Å². The minimum Gasteiger partial charge on any atom is -0.431 e. The number of ether oxygens (including phenoxy) is 1. The first-order chi connectivity index (χ1) is 11.4. The summed E-state index contributed by atoms with van der Waals surface area (Å²) in [5, 5.41) is 8.64. The van der Waals surface area contributed by atoms with E-state index in [4.69, 9.17) is 4.74 Å². The molecule has 0 amide bonds. The number of hydrogen-bond acceptors (Lipinski definition) is 4. The van der Waals surface area contributed by atoms with Crippen molar-refractivity contribution in [2.24, 2.45) is 32.9 Å². The molecule has 0 aromatic rings. The van der Waals surface area contributed by atoms with E-state index in [0.29, 0.717) is 17.4 Å². The average Bonchev–Trinajstić information content (AvgIpc) is 3.11. The van der Waals surface area contributed by atoms with Crippen molar-refractivity contribution in [2.75, 3.05) is 0 Å². The van der Waals surface area contributed by atoms with Crippen molar-refractivity contribution in [1.29, 1.82) is 0 Å². The summed E-state index contributed by atoms with van der Waals surface area (Å²) >= 11 is 0. The number of esters is 1. The zero-order valence-electron chi connectivity index (χ0n) is 14.4. The smallest absolute Gasteiger partial charge is 0.342 e. The molecule has 4 atom stereocenters. The first-order valence-electron chi connectivity index (χ1n) is 8.82. The monoisotopic (exact) mass is 324 g/mol. The SMILES string of the molecule is C=C1CCC2C3(C)C=NN=C3CC[C@@]2(C)[C@@H]1C/C=C1\C=COC1=O. The lowest BCUT2D eigenvalue weighted by molar-refractivity contribution is -0.132. The van der Waals surface area contributed by atoms with Crippen LogP contribution in [0.3, 0.4) is 0 Å². The quantitative estimate of drug-likeness (QED) is 0.434. The fourth-order valence-corrected chi connectivity index (χ4v) is 5.41. The van der Waals surface area contributed by atoms with E-state index in [1.54, 1.807) is 6.08 Å². The van der Waals surface area contributed by atoms with Gasteiger partial charge in [-0.15, -0.1) is 0 Å². The summed E-state index contributed by atoms with van der Waals surface area (Å²) in [4.78, 5) is 11.7. The maximum Gasteiger partial charge on any atom is 0.342 e. The molecule has 2 heterocycles. The summed E-state index contributed by atoms with van der Waals surface area (Å²) in [5.41, 5.74) is 3.39. The number of carbonyl (C=O) groups excluding carboxylic acids is 1. The highest BCUT2D eigenvalue weighted by Crippen LogP contribution is 2.61. The second-order valence-electron chi connectivity index (χ2n) is 7.99. The Kier molecular flexibility index (Phi) is 3.41. The lowest BCUT2D eigenvalue weighted by Crippen LogP contribution is -2.54. The molecular weight excluding hydrogens is 300 g/mol. The van der Waals surface area contributed by atoms with Gasteiger partial charge in [0.05, 0.1) is 17.5 Å². The summed E-state index contributed by atoms with van der Waals surface area (Å²) in [6.45, 7) is 9.08. The number of allylic oxidation sites excluding steroid dienone is 2. The normalized spacial score (nSPS) is 42.1. The Morgan fingerprint density at radius 1 is 1.42 bits per heavy atom. The average molecular weight is 324 g/mol. The Morgan fingerprint density at radius 2 is 2.25 bits per heavy atom. The number of cyclic esters (lactones) is 1. The number of rotatable bonds is 2. The molecular formula is C20H24N2O2. The van der Waals surface area contributed by atoms with Gasteiger partial charge in [0.25, 0.3) is 0 Å². The van der Waals surface area contributed by atoms with E-state index in [1.807, 2.05) is 6.08 Å².